The van der Waals surface area contributed by atoms with E-state index < -0.39 is 0 Å². The number of hydrogen-bond acceptors (Lipinski definition) is 5. The van der Waals surface area contributed by atoms with Crippen LogP contribution < -0.4 is 15.8 Å². The maximum atomic E-state index is 9.67. The second kappa shape index (κ2) is 6.61. The molecule has 0 radical (unpaired) electrons. The van der Waals surface area contributed by atoms with Gasteiger partial charge in [-0.15, -0.1) is 0 Å². The second-order valence-corrected chi connectivity index (χ2v) is 5.63. The van der Waals surface area contributed by atoms with Crippen LogP contribution in [0.3, 0.4) is 0 Å². The highest BCUT2D eigenvalue weighted by Gasteiger charge is 2.15. The molecule has 0 saturated heterocycles. The summed E-state index contributed by atoms with van der Waals surface area (Å²) in [7, 11) is 0. The van der Waals surface area contributed by atoms with Gasteiger partial charge in [-0.2, -0.15) is 4.98 Å². The molecule has 0 aliphatic carbocycles. The van der Waals surface area contributed by atoms with E-state index in [0.717, 1.165) is 12.8 Å². The van der Waals surface area contributed by atoms with E-state index in [9.17, 15) is 5.11 Å². The average Bonchev–Trinajstić information content (AvgIpc) is 2.29. The molecule has 1 heterocycles. The highest BCUT2D eigenvalue weighted by Crippen LogP contribution is 2.24. The predicted octanol–water partition coefficient (Wildman–Crippen LogP) is 2.41. The summed E-state index contributed by atoms with van der Waals surface area (Å²) in [5, 5.41) is 12.8. The van der Waals surface area contributed by atoms with Gasteiger partial charge in [0, 0.05) is 6.54 Å². The molecule has 108 valence electrons. The van der Waals surface area contributed by atoms with Crippen LogP contribution in [0.15, 0.2) is 12.1 Å². The molecule has 1 aromatic rings. The summed E-state index contributed by atoms with van der Waals surface area (Å²) in [5.41, 5.74) is 6.00. The Labute approximate surface area is 115 Å². The molecule has 5 heteroatoms. The SMILES string of the molecule is CCCC(O)CNc1ccc(N)c(OC(C)(C)C)n1. The Morgan fingerprint density at radius 3 is 2.68 bits per heavy atom. The number of aliphatic hydroxyl groups is 1. The predicted molar refractivity (Wildman–Crippen MR) is 78.4 cm³/mol. The molecule has 1 rings (SSSR count). The average molecular weight is 267 g/mol. The highest BCUT2D eigenvalue weighted by molar-refractivity contribution is 5.53. The third kappa shape index (κ3) is 5.79. The number of nitrogens with one attached hydrogen (secondary N) is 1. The lowest BCUT2D eigenvalue weighted by Gasteiger charge is -2.22. The Morgan fingerprint density at radius 1 is 1.42 bits per heavy atom. The normalized spacial score (nSPS) is 13.1. The first kappa shape index (κ1) is 15.6. The van der Waals surface area contributed by atoms with Gasteiger partial charge in [0.25, 0.3) is 0 Å². The summed E-state index contributed by atoms with van der Waals surface area (Å²) in [6.45, 7) is 8.34. The number of anilines is 2. The minimum absolute atomic E-state index is 0.346. The number of hydrogen-bond donors (Lipinski definition) is 3. The third-order valence-corrected chi connectivity index (χ3v) is 2.43. The molecule has 0 aliphatic rings. The number of aromatic nitrogens is 1. The van der Waals surface area contributed by atoms with Gasteiger partial charge in [0.15, 0.2) is 0 Å². The van der Waals surface area contributed by atoms with Crippen molar-refractivity contribution in [3.63, 3.8) is 0 Å². The third-order valence-electron chi connectivity index (χ3n) is 2.43. The topological polar surface area (TPSA) is 80.4 Å². The first-order valence-corrected chi connectivity index (χ1v) is 6.69. The van der Waals surface area contributed by atoms with Crippen LogP contribution in [0.4, 0.5) is 11.5 Å². The summed E-state index contributed by atoms with van der Waals surface area (Å²) in [6.07, 6.45) is 1.36. The van der Waals surface area contributed by atoms with Crippen molar-refractivity contribution in [2.24, 2.45) is 0 Å². The molecule has 4 N–H and O–H groups in total. The molecule has 1 unspecified atom stereocenters. The maximum absolute atomic E-state index is 9.67. The fraction of sp³-hybridized carbons (Fsp3) is 0.643. The Bertz CT molecular complexity index is 402. The highest BCUT2D eigenvalue weighted by atomic mass is 16.5. The van der Waals surface area contributed by atoms with E-state index in [1.54, 1.807) is 12.1 Å². The molecule has 5 nitrogen and oxygen atoms in total. The van der Waals surface area contributed by atoms with Gasteiger partial charge < -0.3 is 20.9 Å². The maximum Gasteiger partial charge on any atom is 0.239 e. The first-order valence-electron chi connectivity index (χ1n) is 6.69. The largest absolute Gasteiger partial charge is 0.470 e. The lowest BCUT2D eigenvalue weighted by atomic mass is 10.2. The van der Waals surface area contributed by atoms with E-state index in [1.807, 2.05) is 27.7 Å². The minimum atomic E-state index is -0.365. The minimum Gasteiger partial charge on any atom is -0.470 e. The summed E-state index contributed by atoms with van der Waals surface area (Å²) in [5.74, 6) is 1.08. The van der Waals surface area contributed by atoms with Crippen molar-refractivity contribution in [3.05, 3.63) is 12.1 Å². The zero-order valence-corrected chi connectivity index (χ0v) is 12.2. The summed E-state index contributed by atoms with van der Waals surface area (Å²) < 4.78 is 5.69. The molecule has 19 heavy (non-hydrogen) atoms. The Morgan fingerprint density at radius 2 is 2.11 bits per heavy atom. The van der Waals surface area contributed by atoms with Gasteiger partial charge in [0.05, 0.1) is 11.8 Å². The standard InChI is InChI=1S/C14H25N3O2/c1-5-6-10(18)9-16-12-8-7-11(15)13(17-12)19-14(2,3)4/h7-8,10,18H,5-6,9,15H2,1-4H3,(H,16,17). The quantitative estimate of drug-likeness (QED) is 0.737. The van der Waals surface area contributed by atoms with Crippen molar-refractivity contribution in [3.8, 4) is 5.88 Å². The first-order chi connectivity index (χ1) is 8.81. The van der Waals surface area contributed by atoms with Crippen LogP contribution in [-0.2, 0) is 0 Å². The Kier molecular flexibility index (Phi) is 5.42. The van der Waals surface area contributed by atoms with Crippen molar-refractivity contribution in [1.82, 2.24) is 4.98 Å². The van der Waals surface area contributed by atoms with E-state index >= 15 is 0 Å². The van der Waals surface area contributed by atoms with Gasteiger partial charge in [0.1, 0.15) is 11.4 Å². The molecule has 0 bridgehead atoms. The van der Waals surface area contributed by atoms with Crippen molar-refractivity contribution in [2.75, 3.05) is 17.6 Å². The number of nitrogens with zero attached hydrogens (tertiary/aromatic N) is 1. The molecule has 0 spiro atoms. The number of ether oxygens (including phenoxy) is 1. The van der Waals surface area contributed by atoms with Crippen LogP contribution in [0.5, 0.6) is 5.88 Å². The van der Waals surface area contributed by atoms with Gasteiger partial charge >= 0.3 is 0 Å². The molecule has 0 aromatic carbocycles. The molecule has 1 aromatic heterocycles. The van der Waals surface area contributed by atoms with Gasteiger partial charge in [-0.1, -0.05) is 13.3 Å². The fourth-order valence-electron chi connectivity index (χ4n) is 1.58. The Hall–Kier alpha value is -1.49. The van der Waals surface area contributed by atoms with Crippen molar-refractivity contribution >= 4 is 11.5 Å². The number of pyridine rings is 1. The second-order valence-electron chi connectivity index (χ2n) is 5.63. The molecular weight excluding hydrogens is 242 g/mol. The molecule has 1 atom stereocenters. The molecule has 0 aliphatic heterocycles. The number of nitrogen functional groups attached to an aromatic ring is 1. The molecular formula is C14H25N3O2. The molecule has 0 saturated carbocycles. The number of rotatable bonds is 6. The van der Waals surface area contributed by atoms with Crippen molar-refractivity contribution in [1.29, 1.82) is 0 Å². The summed E-state index contributed by atoms with van der Waals surface area (Å²) in [4.78, 5) is 4.32. The van der Waals surface area contributed by atoms with E-state index in [0.29, 0.717) is 23.9 Å². The van der Waals surface area contributed by atoms with Gasteiger partial charge in [-0.05, 0) is 39.3 Å². The van der Waals surface area contributed by atoms with Gasteiger partial charge in [-0.25, -0.2) is 0 Å². The van der Waals surface area contributed by atoms with Crippen LogP contribution in [0.25, 0.3) is 0 Å². The zero-order chi connectivity index (χ0) is 14.5. The summed E-state index contributed by atoms with van der Waals surface area (Å²) >= 11 is 0. The molecule has 0 fully saturated rings. The van der Waals surface area contributed by atoms with Crippen molar-refractivity contribution < 1.29 is 9.84 Å². The number of aliphatic hydroxyl groups excluding tert-OH is 1. The lowest BCUT2D eigenvalue weighted by molar-refractivity contribution is 0.125. The van der Waals surface area contributed by atoms with E-state index in [2.05, 4.69) is 10.3 Å². The van der Waals surface area contributed by atoms with Gasteiger partial charge in [0.2, 0.25) is 5.88 Å². The monoisotopic (exact) mass is 267 g/mol. The van der Waals surface area contributed by atoms with Crippen LogP contribution >= 0.6 is 0 Å². The van der Waals surface area contributed by atoms with Crippen LogP contribution in [0.1, 0.15) is 40.5 Å². The zero-order valence-electron chi connectivity index (χ0n) is 12.2. The van der Waals surface area contributed by atoms with Crippen LogP contribution in [0.2, 0.25) is 0 Å². The van der Waals surface area contributed by atoms with Crippen LogP contribution in [0, 0.1) is 0 Å². The van der Waals surface area contributed by atoms with E-state index in [1.165, 1.54) is 0 Å². The Balaban J connectivity index is 2.68. The molecule has 0 amide bonds. The van der Waals surface area contributed by atoms with E-state index in [-0.39, 0.29) is 11.7 Å². The summed E-state index contributed by atoms with van der Waals surface area (Å²) in [6, 6.07) is 3.53. The smallest absolute Gasteiger partial charge is 0.239 e. The lowest BCUT2D eigenvalue weighted by Crippen LogP contribution is -2.25. The van der Waals surface area contributed by atoms with Crippen LogP contribution in [-0.4, -0.2) is 28.3 Å². The fourth-order valence-corrected chi connectivity index (χ4v) is 1.58. The van der Waals surface area contributed by atoms with Crippen molar-refractivity contribution in [2.45, 2.75) is 52.2 Å². The van der Waals surface area contributed by atoms with E-state index in [4.69, 9.17) is 10.5 Å². The number of nitrogens with two attached hydrogens (primary N) is 1. The van der Waals surface area contributed by atoms with Gasteiger partial charge in [-0.3, -0.25) is 0 Å².